The number of nitrogens with one attached hydrogen (secondary N) is 1. The Morgan fingerprint density at radius 3 is 3.00 bits per heavy atom. The molecule has 1 saturated heterocycles. The molecule has 0 unspecified atom stereocenters. The van der Waals surface area contributed by atoms with Crippen LogP contribution in [0.1, 0.15) is 24.5 Å². The number of rotatable bonds is 4. The predicted octanol–water partition coefficient (Wildman–Crippen LogP) is 1.91. The molecular weight excluding hydrogens is 246 g/mol. The smallest absolute Gasteiger partial charge is 0.252 e. The second-order valence-electron chi connectivity index (χ2n) is 4.66. The lowest BCUT2D eigenvalue weighted by Crippen LogP contribution is -2.32. The first-order valence-corrected chi connectivity index (χ1v) is 6.52. The van der Waals surface area contributed by atoms with Crippen molar-refractivity contribution in [3.63, 3.8) is 0 Å². The van der Waals surface area contributed by atoms with Crippen LogP contribution in [0.3, 0.4) is 0 Å². The molecule has 0 atom stereocenters. The molecule has 0 radical (unpaired) electrons. The summed E-state index contributed by atoms with van der Waals surface area (Å²) >= 11 is 0. The number of aryl methyl sites for hydroxylation is 1. The molecule has 1 fully saturated rings. The fourth-order valence-electron chi connectivity index (χ4n) is 2.19. The monoisotopic (exact) mass is 263 g/mol. The Morgan fingerprint density at radius 1 is 1.42 bits per heavy atom. The van der Waals surface area contributed by atoms with Gasteiger partial charge in [-0.15, -0.1) is 0 Å². The van der Waals surface area contributed by atoms with E-state index in [2.05, 4.69) is 15.5 Å². The molecule has 0 bridgehead atoms. The number of piperidine rings is 1. The number of aromatic nitrogens is 2. The third kappa shape index (κ3) is 2.85. The summed E-state index contributed by atoms with van der Waals surface area (Å²) in [7, 11) is 0. The van der Waals surface area contributed by atoms with E-state index < -0.39 is 0 Å². The molecule has 3 heterocycles. The summed E-state index contributed by atoms with van der Waals surface area (Å²) in [5.74, 6) is 1.84. The third-order valence-corrected chi connectivity index (χ3v) is 3.30. The van der Waals surface area contributed by atoms with Gasteiger partial charge in [0.1, 0.15) is 12.4 Å². The molecule has 19 heavy (non-hydrogen) atoms. The highest BCUT2D eigenvalue weighted by atomic mass is 16.5. The Balaban J connectivity index is 1.60. The number of nitrogens with zero attached hydrogens (tertiary/aromatic N) is 2. The molecule has 6 nitrogen and oxygen atoms in total. The Kier molecular flexibility index (Phi) is 3.61. The van der Waals surface area contributed by atoms with Crippen molar-refractivity contribution >= 4 is 0 Å². The van der Waals surface area contributed by atoms with Crippen molar-refractivity contribution in [3.8, 4) is 11.4 Å². The molecule has 1 N–H and O–H groups in total. The van der Waals surface area contributed by atoms with Crippen molar-refractivity contribution in [3.05, 3.63) is 24.0 Å². The van der Waals surface area contributed by atoms with Crippen molar-refractivity contribution in [1.29, 1.82) is 0 Å². The zero-order chi connectivity index (χ0) is 13.1. The molecule has 2 aromatic rings. The van der Waals surface area contributed by atoms with Gasteiger partial charge in [0.2, 0.25) is 5.82 Å². The maximum absolute atomic E-state index is 5.77. The fourth-order valence-corrected chi connectivity index (χ4v) is 2.19. The third-order valence-electron chi connectivity index (χ3n) is 3.30. The predicted molar refractivity (Wildman–Crippen MR) is 67.4 cm³/mol. The maximum Gasteiger partial charge on any atom is 0.252 e. The second-order valence-corrected chi connectivity index (χ2v) is 4.66. The van der Waals surface area contributed by atoms with Crippen molar-refractivity contribution in [2.24, 2.45) is 0 Å². The minimum absolute atomic E-state index is 0.285. The molecule has 102 valence electrons. The van der Waals surface area contributed by atoms with Gasteiger partial charge < -0.3 is 19.0 Å². The van der Waals surface area contributed by atoms with E-state index in [0.29, 0.717) is 18.3 Å². The Labute approximate surface area is 111 Å². The zero-order valence-electron chi connectivity index (χ0n) is 10.9. The summed E-state index contributed by atoms with van der Waals surface area (Å²) < 4.78 is 16.2. The molecule has 0 amide bonds. The van der Waals surface area contributed by atoms with E-state index in [4.69, 9.17) is 13.7 Å². The first kappa shape index (κ1) is 12.4. The van der Waals surface area contributed by atoms with Crippen molar-refractivity contribution < 1.29 is 13.7 Å². The van der Waals surface area contributed by atoms with E-state index in [-0.39, 0.29) is 6.10 Å². The molecular formula is C13H17N3O3. The lowest BCUT2D eigenvalue weighted by molar-refractivity contribution is 0.00859. The van der Waals surface area contributed by atoms with Crippen LogP contribution in [0.25, 0.3) is 11.4 Å². The Hall–Kier alpha value is -1.66. The van der Waals surface area contributed by atoms with Gasteiger partial charge >= 0.3 is 0 Å². The normalized spacial score (nSPS) is 16.9. The van der Waals surface area contributed by atoms with Crippen LogP contribution in [-0.4, -0.2) is 29.3 Å². The molecule has 0 aromatic carbocycles. The lowest BCUT2D eigenvalue weighted by atomic mass is 10.1. The van der Waals surface area contributed by atoms with Crippen LogP contribution in [0, 0.1) is 6.92 Å². The first-order valence-electron chi connectivity index (χ1n) is 6.52. The van der Waals surface area contributed by atoms with Crippen LogP contribution in [0.4, 0.5) is 0 Å². The lowest BCUT2D eigenvalue weighted by Gasteiger charge is -2.21. The van der Waals surface area contributed by atoms with Crippen LogP contribution in [-0.2, 0) is 11.3 Å². The van der Waals surface area contributed by atoms with Gasteiger partial charge in [0.25, 0.3) is 5.89 Å². The van der Waals surface area contributed by atoms with E-state index in [1.807, 2.05) is 13.0 Å². The molecule has 2 aromatic heterocycles. The van der Waals surface area contributed by atoms with Crippen molar-refractivity contribution in [1.82, 2.24) is 15.5 Å². The van der Waals surface area contributed by atoms with Crippen LogP contribution in [0.2, 0.25) is 0 Å². The minimum atomic E-state index is 0.285. The van der Waals surface area contributed by atoms with Gasteiger partial charge in [-0.1, -0.05) is 5.16 Å². The van der Waals surface area contributed by atoms with Crippen molar-refractivity contribution in [2.75, 3.05) is 13.1 Å². The average molecular weight is 263 g/mol. The molecule has 0 spiro atoms. The molecule has 1 aliphatic heterocycles. The van der Waals surface area contributed by atoms with Gasteiger partial charge in [0, 0.05) is 0 Å². The molecule has 0 saturated carbocycles. The number of hydrogen-bond donors (Lipinski definition) is 1. The van der Waals surface area contributed by atoms with Crippen LogP contribution in [0.5, 0.6) is 0 Å². The summed E-state index contributed by atoms with van der Waals surface area (Å²) in [6.07, 6.45) is 3.96. The highest BCUT2D eigenvalue weighted by molar-refractivity contribution is 5.55. The van der Waals surface area contributed by atoms with Gasteiger partial charge in [-0.3, -0.25) is 0 Å². The summed E-state index contributed by atoms with van der Waals surface area (Å²) in [5.41, 5.74) is 0.858. The molecule has 0 aliphatic carbocycles. The van der Waals surface area contributed by atoms with Gasteiger partial charge in [0.15, 0.2) is 0 Å². The van der Waals surface area contributed by atoms with Gasteiger partial charge in [-0.2, -0.15) is 4.98 Å². The highest BCUT2D eigenvalue weighted by Gasteiger charge is 2.16. The summed E-state index contributed by atoms with van der Waals surface area (Å²) in [6, 6.07) is 1.83. The maximum atomic E-state index is 5.77. The quantitative estimate of drug-likeness (QED) is 0.908. The number of ether oxygens (including phenoxy) is 1. The minimum Gasteiger partial charge on any atom is -0.469 e. The fraction of sp³-hybridized carbons (Fsp3) is 0.538. The SMILES string of the molecule is Cc1occc1-c1noc(COC2CCNCC2)n1. The van der Waals surface area contributed by atoms with Gasteiger partial charge in [0.05, 0.1) is 17.9 Å². The van der Waals surface area contributed by atoms with Gasteiger partial charge in [-0.05, 0) is 38.9 Å². The van der Waals surface area contributed by atoms with E-state index in [1.165, 1.54) is 0 Å². The van der Waals surface area contributed by atoms with E-state index in [0.717, 1.165) is 37.3 Å². The summed E-state index contributed by atoms with van der Waals surface area (Å²) in [4.78, 5) is 4.32. The largest absolute Gasteiger partial charge is 0.469 e. The zero-order valence-corrected chi connectivity index (χ0v) is 10.9. The van der Waals surface area contributed by atoms with Crippen LogP contribution in [0.15, 0.2) is 21.3 Å². The van der Waals surface area contributed by atoms with E-state index >= 15 is 0 Å². The van der Waals surface area contributed by atoms with E-state index in [1.54, 1.807) is 6.26 Å². The van der Waals surface area contributed by atoms with Gasteiger partial charge in [-0.25, -0.2) is 0 Å². The standard InChI is InChI=1S/C13H17N3O3/c1-9-11(4-7-17-9)13-15-12(19-16-13)8-18-10-2-5-14-6-3-10/h4,7,10,14H,2-3,5-6,8H2,1H3. The second kappa shape index (κ2) is 5.54. The Bertz CT molecular complexity index is 529. The molecule has 1 aliphatic rings. The molecule has 3 rings (SSSR count). The Morgan fingerprint density at radius 2 is 2.26 bits per heavy atom. The van der Waals surface area contributed by atoms with Crippen LogP contribution >= 0.6 is 0 Å². The summed E-state index contributed by atoms with van der Waals surface area (Å²) in [6.45, 7) is 4.26. The van der Waals surface area contributed by atoms with Crippen molar-refractivity contribution in [2.45, 2.75) is 32.5 Å². The number of hydrogen-bond acceptors (Lipinski definition) is 6. The summed E-state index contributed by atoms with van der Waals surface area (Å²) in [5, 5.41) is 7.24. The first-order chi connectivity index (χ1) is 9.33. The molecule has 6 heteroatoms. The number of furan rings is 1. The highest BCUT2D eigenvalue weighted by Crippen LogP contribution is 2.21. The van der Waals surface area contributed by atoms with Crippen LogP contribution < -0.4 is 5.32 Å². The average Bonchev–Trinajstić information content (AvgIpc) is 3.06. The van der Waals surface area contributed by atoms with E-state index in [9.17, 15) is 0 Å². The topological polar surface area (TPSA) is 73.3 Å².